The zero-order valence-electron chi connectivity index (χ0n) is 10.1. The quantitative estimate of drug-likeness (QED) is 0.473. The van der Waals surface area contributed by atoms with E-state index in [2.05, 4.69) is 0 Å². The van der Waals surface area contributed by atoms with Crippen molar-refractivity contribution in [3.05, 3.63) is 38.9 Å². The molecule has 1 aromatic rings. The molecule has 0 spiro atoms. The van der Waals surface area contributed by atoms with E-state index in [4.69, 9.17) is 11.6 Å². The van der Waals surface area contributed by atoms with Crippen LogP contribution >= 0.6 is 11.6 Å². The van der Waals surface area contributed by atoms with Gasteiger partial charge in [0, 0.05) is 19.0 Å². The summed E-state index contributed by atoms with van der Waals surface area (Å²) < 4.78 is 0. The van der Waals surface area contributed by atoms with Crippen LogP contribution in [0.15, 0.2) is 18.2 Å². The van der Waals surface area contributed by atoms with Gasteiger partial charge in [-0.15, -0.1) is 0 Å². The van der Waals surface area contributed by atoms with Gasteiger partial charge in [-0.1, -0.05) is 24.6 Å². The van der Waals surface area contributed by atoms with Crippen LogP contribution in [-0.2, 0) is 4.79 Å². The van der Waals surface area contributed by atoms with Crippen molar-refractivity contribution in [3.8, 4) is 0 Å². The maximum Gasteiger partial charge on any atom is 0.288 e. The molecule has 0 aliphatic carbocycles. The maximum atomic E-state index is 12.2. The SMILES string of the molecule is CC1CC(=O)N(C(=O)c2cccc([N+](=O)[O-])c2Cl)C1. The lowest BCUT2D eigenvalue weighted by Gasteiger charge is -2.14. The molecule has 0 bridgehead atoms. The maximum absolute atomic E-state index is 12.2. The molecule has 0 N–H and O–H groups in total. The van der Waals surface area contributed by atoms with E-state index in [0.29, 0.717) is 13.0 Å². The fourth-order valence-electron chi connectivity index (χ4n) is 2.05. The fourth-order valence-corrected chi connectivity index (χ4v) is 2.33. The van der Waals surface area contributed by atoms with Crippen molar-refractivity contribution in [2.75, 3.05) is 6.54 Å². The van der Waals surface area contributed by atoms with Gasteiger partial charge in [0.1, 0.15) is 5.02 Å². The first-order valence-electron chi connectivity index (χ1n) is 5.69. The zero-order valence-corrected chi connectivity index (χ0v) is 10.9. The number of hydrogen-bond acceptors (Lipinski definition) is 4. The highest BCUT2D eigenvalue weighted by Gasteiger charge is 2.33. The molecule has 1 unspecified atom stereocenters. The molecule has 1 aromatic carbocycles. The van der Waals surface area contributed by atoms with Crippen molar-refractivity contribution in [1.29, 1.82) is 0 Å². The molecule has 7 heteroatoms. The summed E-state index contributed by atoms with van der Waals surface area (Å²) in [5.74, 6) is -0.767. The highest BCUT2D eigenvalue weighted by atomic mass is 35.5. The summed E-state index contributed by atoms with van der Waals surface area (Å²) in [6, 6.07) is 3.97. The molecule has 0 saturated carbocycles. The van der Waals surface area contributed by atoms with E-state index < -0.39 is 10.8 Å². The minimum Gasteiger partial charge on any atom is -0.278 e. The van der Waals surface area contributed by atoms with E-state index in [1.165, 1.54) is 18.2 Å². The minimum atomic E-state index is -0.659. The number of nitro groups is 1. The number of amides is 2. The van der Waals surface area contributed by atoms with Gasteiger partial charge in [0.25, 0.3) is 11.6 Å². The number of nitro benzene ring substituents is 1. The molecule has 0 aromatic heterocycles. The Bertz CT molecular complexity index is 573. The molecule has 1 fully saturated rings. The lowest BCUT2D eigenvalue weighted by Crippen LogP contribution is -2.32. The number of benzene rings is 1. The summed E-state index contributed by atoms with van der Waals surface area (Å²) in [6.07, 6.45) is 0.304. The van der Waals surface area contributed by atoms with Crippen LogP contribution in [-0.4, -0.2) is 28.2 Å². The highest BCUT2D eigenvalue weighted by molar-refractivity contribution is 6.36. The number of carbonyl (C=O) groups excluding carboxylic acids is 2. The molecule has 1 aliphatic rings. The zero-order chi connectivity index (χ0) is 14.2. The Morgan fingerprint density at radius 2 is 2.21 bits per heavy atom. The number of imide groups is 1. The summed E-state index contributed by atoms with van der Waals surface area (Å²) in [5.41, 5.74) is -0.356. The van der Waals surface area contributed by atoms with Crippen molar-refractivity contribution in [2.24, 2.45) is 5.92 Å². The van der Waals surface area contributed by atoms with E-state index in [1.807, 2.05) is 6.92 Å². The van der Waals surface area contributed by atoms with Gasteiger partial charge in [0.2, 0.25) is 5.91 Å². The first-order valence-corrected chi connectivity index (χ1v) is 6.07. The number of rotatable bonds is 2. The van der Waals surface area contributed by atoms with Gasteiger partial charge in [0.05, 0.1) is 10.5 Å². The van der Waals surface area contributed by atoms with Gasteiger partial charge in [-0.05, 0) is 12.0 Å². The lowest BCUT2D eigenvalue weighted by atomic mass is 10.1. The second-order valence-electron chi connectivity index (χ2n) is 4.51. The molecule has 6 nitrogen and oxygen atoms in total. The molecule has 2 amide bonds. The van der Waals surface area contributed by atoms with Crippen LogP contribution in [0.2, 0.25) is 5.02 Å². The van der Waals surface area contributed by atoms with E-state index in [0.717, 1.165) is 4.90 Å². The first-order chi connectivity index (χ1) is 8.91. The number of likely N-dealkylation sites (tertiary alicyclic amines) is 1. The molecular weight excluding hydrogens is 272 g/mol. The summed E-state index contributed by atoms with van der Waals surface area (Å²) in [7, 11) is 0. The second kappa shape index (κ2) is 4.97. The third kappa shape index (κ3) is 2.44. The fraction of sp³-hybridized carbons (Fsp3) is 0.333. The Kier molecular flexibility index (Phi) is 3.53. The summed E-state index contributed by atoms with van der Waals surface area (Å²) in [4.78, 5) is 35.1. The monoisotopic (exact) mass is 282 g/mol. The highest BCUT2D eigenvalue weighted by Crippen LogP contribution is 2.30. The van der Waals surface area contributed by atoms with Crippen molar-refractivity contribution in [3.63, 3.8) is 0 Å². The summed E-state index contributed by atoms with van der Waals surface area (Å²) >= 11 is 5.86. The van der Waals surface area contributed by atoms with Gasteiger partial charge in [0.15, 0.2) is 0 Å². The summed E-state index contributed by atoms with van der Waals surface area (Å²) in [5, 5.41) is 10.5. The molecule has 1 saturated heterocycles. The Morgan fingerprint density at radius 3 is 2.74 bits per heavy atom. The average molecular weight is 283 g/mol. The van der Waals surface area contributed by atoms with E-state index in [1.54, 1.807) is 0 Å². The molecule has 1 heterocycles. The molecule has 19 heavy (non-hydrogen) atoms. The number of halogens is 1. The molecule has 2 rings (SSSR count). The Morgan fingerprint density at radius 1 is 1.53 bits per heavy atom. The van der Waals surface area contributed by atoms with Crippen molar-refractivity contribution in [1.82, 2.24) is 4.90 Å². The second-order valence-corrected chi connectivity index (χ2v) is 4.89. The number of carbonyl (C=O) groups is 2. The standard InChI is InChI=1S/C12H11ClN2O4/c1-7-5-10(16)14(6-7)12(17)8-3-2-4-9(11(8)13)15(18)19/h2-4,7H,5-6H2,1H3. The Hall–Kier alpha value is -1.95. The third-order valence-corrected chi connectivity index (χ3v) is 3.37. The average Bonchev–Trinajstić information content (AvgIpc) is 2.67. The topological polar surface area (TPSA) is 80.5 Å². The van der Waals surface area contributed by atoms with Crippen molar-refractivity contribution in [2.45, 2.75) is 13.3 Å². The molecule has 1 aliphatic heterocycles. The van der Waals surface area contributed by atoms with Gasteiger partial charge in [-0.3, -0.25) is 24.6 Å². The number of hydrogen-bond donors (Lipinski definition) is 0. The van der Waals surface area contributed by atoms with E-state index in [9.17, 15) is 19.7 Å². The largest absolute Gasteiger partial charge is 0.288 e. The third-order valence-electron chi connectivity index (χ3n) is 2.97. The molecule has 1 atom stereocenters. The molecule has 0 radical (unpaired) electrons. The predicted molar refractivity (Wildman–Crippen MR) is 67.9 cm³/mol. The Labute approximate surface area is 114 Å². The van der Waals surface area contributed by atoms with Crippen LogP contribution in [0.3, 0.4) is 0 Å². The normalized spacial score (nSPS) is 18.7. The lowest BCUT2D eigenvalue weighted by molar-refractivity contribution is -0.384. The van der Waals surface area contributed by atoms with E-state index in [-0.39, 0.29) is 28.1 Å². The van der Waals surface area contributed by atoms with Gasteiger partial charge in [-0.2, -0.15) is 0 Å². The van der Waals surface area contributed by atoms with Gasteiger partial charge in [-0.25, -0.2) is 0 Å². The van der Waals surface area contributed by atoms with Crippen molar-refractivity contribution >= 4 is 29.1 Å². The van der Waals surface area contributed by atoms with Gasteiger partial charge < -0.3 is 0 Å². The minimum absolute atomic E-state index is 0.0154. The predicted octanol–water partition coefficient (Wildman–Crippen LogP) is 2.26. The summed E-state index contributed by atoms with van der Waals surface area (Å²) in [6.45, 7) is 2.18. The van der Waals surface area contributed by atoms with Gasteiger partial charge >= 0.3 is 0 Å². The first kappa shape index (κ1) is 13.5. The molecular formula is C12H11ClN2O4. The Balaban J connectivity index is 2.37. The smallest absolute Gasteiger partial charge is 0.278 e. The van der Waals surface area contributed by atoms with Crippen LogP contribution in [0.4, 0.5) is 5.69 Å². The van der Waals surface area contributed by atoms with Crippen LogP contribution in [0, 0.1) is 16.0 Å². The van der Waals surface area contributed by atoms with Crippen LogP contribution in [0.25, 0.3) is 0 Å². The number of nitrogens with zero attached hydrogens (tertiary/aromatic N) is 2. The van der Waals surface area contributed by atoms with Crippen LogP contribution in [0.5, 0.6) is 0 Å². The van der Waals surface area contributed by atoms with Crippen LogP contribution in [0.1, 0.15) is 23.7 Å². The molecule has 100 valence electrons. The van der Waals surface area contributed by atoms with Crippen molar-refractivity contribution < 1.29 is 14.5 Å². The van der Waals surface area contributed by atoms with E-state index >= 15 is 0 Å². The van der Waals surface area contributed by atoms with Crippen LogP contribution < -0.4 is 0 Å².